The zero-order chi connectivity index (χ0) is 17.9. The summed E-state index contributed by atoms with van der Waals surface area (Å²) in [6.07, 6.45) is 9.43. The van der Waals surface area contributed by atoms with E-state index < -0.39 is 0 Å². The summed E-state index contributed by atoms with van der Waals surface area (Å²) in [6, 6.07) is 5.68. The summed E-state index contributed by atoms with van der Waals surface area (Å²) in [5.74, 6) is 1.81. The number of carbonyl (C=O) groups is 1. The molecule has 26 heavy (non-hydrogen) atoms. The van der Waals surface area contributed by atoms with E-state index >= 15 is 0 Å². The lowest BCUT2D eigenvalue weighted by Crippen LogP contribution is -2.40. The number of likely N-dealkylation sites (tertiary alicyclic amines) is 1. The summed E-state index contributed by atoms with van der Waals surface area (Å²) in [5, 5.41) is 3.86. The van der Waals surface area contributed by atoms with Gasteiger partial charge in [0.1, 0.15) is 11.6 Å². The fourth-order valence-electron chi connectivity index (χ4n) is 3.50. The van der Waals surface area contributed by atoms with Crippen LogP contribution in [0.5, 0.6) is 0 Å². The quantitative estimate of drug-likeness (QED) is 0.722. The van der Waals surface area contributed by atoms with Crippen LogP contribution < -0.4 is 0 Å². The van der Waals surface area contributed by atoms with Gasteiger partial charge in [-0.15, -0.1) is 0 Å². The Morgan fingerprint density at radius 2 is 2.31 bits per heavy atom. The van der Waals surface area contributed by atoms with Crippen LogP contribution >= 0.6 is 0 Å². The number of pyridine rings is 1. The van der Waals surface area contributed by atoms with Gasteiger partial charge in [-0.05, 0) is 31.4 Å². The lowest BCUT2D eigenvalue weighted by Gasteiger charge is -2.32. The van der Waals surface area contributed by atoms with Crippen LogP contribution in [0.3, 0.4) is 0 Å². The standard InChI is InChI=1S/C19H21N5O2/c1-14-10-17(22-26-14)19(25)24-8-3-5-16(13-24)18-21-7-9-23(18)12-15-4-2-6-20-11-15/h2,4,6-7,9-11,16H,3,5,8,12-13H2,1H3/t16-/m1/s1. The van der Waals surface area contributed by atoms with Gasteiger partial charge in [-0.25, -0.2) is 4.98 Å². The van der Waals surface area contributed by atoms with Gasteiger partial charge < -0.3 is 14.0 Å². The zero-order valence-corrected chi connectivity index (χ0v) is 14.7. The first-order valence-electron chi connectivity index (χ1n) is 8.83. The monoisotopic (exact) mass is 351 g/mol. The average molecular weight is 351 g/mol. The van der Waals surface area contributed by atoms with E-state index in [1.807, 2.05) is 29.6 Å². The van der Waals surface area contributed by atoms with Crippen LogP contribution in [0.4, 0.5) is 0 Å². The lowest BCUT2D eigenvalue weighted by molar-refractivity contribution is 0.0693. The minimum absolute atomic E-state index is 0.0723. The van der Waals surface area contributed by atoms with Crippen molar-refractivity contribution in [1.82, 2.24) is 24.6 Å². The largest absolute Gasteiger partial charge is 0.361 e. The van der Waals surface area contributed by atoms with Crippen molar-refractivity contribution in [1.29, 1.82) is 0 Å². The van der Waals surface area contributed by atoms with Crippen molar-refractivity contribution in [3.05, 3.63) is 65.8 Å². The highest BCUT2D eigenvalue weighted by Gasteiger charge is 2.29. The molecule has 0 bridgehead atoms. The highest BCUT2D eigenvalue weighted by atomic mass is 16.5. The molecule has 1 fully saturated rings. The number of amides is 1. The van der Waals surface area contributed by atoms with Crippen LogP contribution in [0.25, 0.3) is 0 Å². The van der Waals surface area contributed by atoms with Crippen molar-refractivity contribution >= 4 is 5.91 Å². The molecular formula is C19H21N5O2. The topological polar surface area (TPSA) is 77.1 Å². The van der Waals surface area contributed by atoms with Crippen molar-refractivity contribution in [2.45, 2.75) is 32.2 Å². The Morgan fingerprint density at radius 3 is 3.08 bits per heavy atom. The summed E-state index contributed by atoms with van der Waals surface area (Å²) in [7, 11) is 0. The SMILES string of the molecule is Cc1cc(C(=O)N2CCC[C@@H](c3nccn3Cc3cccnc3)C2)no1. The molecule has 3 aromatic heterocycles. The summed E-state index contributed by atoms with van der Waals surface area (Å²) in [6.45, 7) is 3.91. The highest BCUT2D eigenvalue weighted by molar-refractivity contribution is 5.92. The second-order valence-corrected chi connectivity index (χ2v) is 6.69. The molecule has 1 saturated heterocycles. The molecule has 3 aromatic rings. The molecule has 1 aliphatic heterocycles. The third-order valence-corrected chi connectivity index (χ3v) is 4.74. The molecule has 1 amide bonds. The zero-order valence-electron chi connectivity index (χ0n) is 14.7. The molecule has 1 atom stereocenters. The van der Waals surface area contributed by atoms with E-state index in [0.717, 1.165) is 37.3 Å². The third-order valence-electron chi connectivity index (χ3n) is 4.74. The number of aryl methyl sites for hydroxylation is 1. The molecule has 0 saturated carbocycles. The van der Waals surface area contributed by atoms with E-state index in [1.54, 1.807) is 19.2 Å². The van der Waals surface area contributed by atoms with Crippen LogP contribution in [0.2, 0.25) is 0 Å². The van der Waals surface area contributed by atoms with Crippen molar-refractivity contribution < 1.29 is 9.32 Å². The molecule has 0 aromatic carbocycles. The minimum Gasteiger partial charge on any atom is -0.361 e. The highest BCUT2D eigenvalue weighted by Crippen LogP contribution is 2.27. The predicted octanol–water partition coefficient (Wildman–Crippen LogP) is 2.64. The number of carbonyl (C=O) groups excluding carboxylic acids is 1. The summed E-state index contributed by atoms with van der Waals surface area (Å²) < 4.78 is 7.19. The number of hydrogen-bond acceptors (Lipinski definition) is 5. The van der Waals surface area contributed by atoms with Gasteiger partial charge in [0.15, 0.2) is 5.69 Å². The minimum atomic E-state index is -0.0723. The molecular weight excluding hydrogens is 330 g/mol. The fourth-order valence-corrected chi connectivity index (χ4v) is 3.50. The van der Waals surface area contributed by atoms with E-state index in [-0.39, 0.29) is 11.8 Å². The van der Waals surface area contributed by atoms with Crippen molar-refractivity contribution in [3.63, 3.8) is 0 Å². The number of aromatic nitrogens is 4. The van der Waals surface area contributed by atoms with Gasteiger partial charge >= 0.3 is 0 Å². The smallest absolute Gasteiger partial charge is 0.276 e. The Labute approximate surface area is 151 Å². The van der Waals surface area contributed by atoms with Crippen molar-refractivity contribution in [3.8, 4) is 0 Å². The Hall–Kier alpha value is -2.96. The van der Waals surface area contributed by atoms with Gasteiger partial charge in [0.2, 0.25) is 0 Å². The molecule has 0 unspecified atom stereocenters. The summed E-state index contributed by atoms with van der Waals surface area (Å²) in [4.78, 5) is 23.3. The molecule has 134 valence electrons. The molecule has 0 aliphatic carbocycles. The molecule has 1 aliphatic rings. The second kappa shape index (κ2) is 7.11. The predicted molar refractivity (Wildman–Crippen MR) is 94.7 cm³/mol. The maximum absolute atomic E-state index is 12.7. The van der Waals surface area contributed by atoms with Crippen LogP contribution in [0.15, 0.2) is 47.5 Å². The van der Waals surface area contributed by atoms with Crippen LogP contribution in [-0.4, -0.2) is 43.6 Å². The van der Waals surface area contributed by atoms with Gasteiger partial charge in [-0.2, -0.15) is 0 Å². The molecule has 4 heterocycles. The second-order valence-electron chi connectivity index (χ2n) is 6.69. The Kier molecular flexibility index (Phi) is 4.51. The van der Waals surface area contributed by atoms with Gasteiger partial charge in [0, 0.05) is 49.9 Å². The first kappa shape index (κ1) is 16.5. The molecule has 0 radical (unpaired) electrons. The summed E-state index contributed by atoms with van der Waals surface area (Å²) >= 11 is 0. The maximum Gasteiger partial charge on any atom is 0.276 e. The van der Waals surface area contributed by atoms with E-state index in [0.29, 0.717) is 18.0 Å². The average Bonchev–Trinajstić information content (AvgIpc) is 3.31. The number of rotatable bonds is 4. The number of imidazole rings is 1. The Bertz CT molecular complexity index is 886. The van der Waals surface area contributed by atoms with E-state index in [2.05, 4.69) is 25.8 Å². The van der Waals surface area contributed by atoms with Crippen LogP contribution in [-0.2, 0) is 6.54 Å². The van der Waals surface area contributed by atoms with E-state index in [4.69, 9.17) is 4.52 Å². The molecule has 0 spiro atoms. The van der Waals surface area contributed by atoms with Gasteiger partial charge in [0.25, 0.3) is 5.91 Å². The first-order valence-corrected chi connectivity index (χ1v) is 8.83. The Balaban J connectivity index is 1.50. The summed E-state index contributed by atoms with van der Waals surface area (Å²) in [5.41, 5.74) is 1.51. The lowest BCUT2D eigenvalue weighted by atomic mass is 9.96. The third kappa shape index (κ3) is 3.37. The van der Waals surface area contributed by atoms with Crippen molar-refractivity contribution in [2.75, 3.05) is 13.1 Å². The van der Waals surface area contributed by atoms with Gasteiger partial charge in [-0.3, -0.25) is 9.78 Å². The van der Waals surface area contributed by atoms with E-state index in [1.165, 1.54) is 0 Å². The van der Waals surface area contributed by atoms with Gasteiger partial charge in [0.05, 0.1) is 6.54 Å². The number of hydrogen-bond donors (Lipinski definition) is 0. The number of nitrogens with zero attached hydrogens (tertiary/aromatic N) is 5. The fraction of sp³-hybridized carbons (Fsp3) is 0.368. The molecule has 7 heteroatoms. The maximum atomic E-state index is 12.7. The molecule has 4 rings (SSSR count). The number of piperidine rings is 1. The van der Waals surface area contributed by atoms with Crippen molar-refractivity contribution in [2.24, 2.45) is 0 Å². The first-order chi connectivity index (χ1) is 12.7. The normalized spacial score (nSPS) is 17.4. The molecule has 0 N–H and O–H groups in total. The Morgan fingerprint density at radius 1 is 1.38 bits per heavy atom. The van der Waals surface area contributed by atoms with Crippen LogP contribution in [0, 0.1) is 6.92 Å². The van der Waals surface area contributed by atoms with Gasteiger partial charge in [-0.1, -0.05) is 11.2 Å². The van der Waals surface area contributed by atoms with E-state index in [9.17, 15) is 4.79 Å². The molecule has 7 nitrogen and oxygen atoms in total. The van der Waals surface area contributed by atoms with Crippen LogP contribution in [0.1, 0.15) is 46.4 Å².